The molecule has 2 aliphatic carbocycles. The summed E-state index contributed by atoms with van der Waals surface area (Å²) in [6.45, 7) is 8.12. The Morgan fingerprint density at radius 1 is 0.958 bits per heavy atom. The number of sulfone groups is 1. The number of piperidine rings is 1. The highest BCUT2D eigenvalue weighted by Gasteiger charge is 2.53. The highest BCUT2D eigenvalue weighted by atomic mass is 32.2. The number of esters is 1. The molecular formula is C38H52FN3O5S. The van der Waals surface area contributed by atoms with Crippen LogP contribution in [-0.2, 0) is 24.8 Å². The summed E-state index contributed by atoms with van der Waals surface area (Å²) < 4.78 is 45.8. The van der Waals surface area contributed by atoms with Crippen molar-refractivity contribution in [3.05, 3.63) is 59.9 Å². The van der Waals surface area contributed by atoms with Crippen LogP contribution in [0.1, 0.15) is 63.4 Å². The van der Waals surface area contributed by atoms with Crippen LogP contribution in [0.5, 0.6) is 0 Å². The lowest BCUT2D eigenvalue weighted by Crippen LogP contribution is -2.58. The third-order valence-electron chi connectivity index (χ3n) is 12.6. The van der Waals surface area contributed by atoms with Crippen LogP contribution in [-0.4, -0.2) is 100 Å². The number of halogens is 1. The molecular weight excluding hydrogens is 629 g/mol. The van der Waals surface area contributed by atoms with Gasteiger partial charge in [-0.2, -0.15) is 0 Å². The van der Waals surface area contributed by atoms with Crippen LogP contribution in [0.25, 0.3) is 0 Å². The molecule has 0 bridgehead atoms. The normalized spacial score (nSPS) is 28.7. The molecule has 5 fully saturated rings. The maximum atomic E-state index is 15.0. The number of methoxy groups -OCH3 is 1. The van der Waals surface area contributed by atoms with Crippen molar-refractivity contribution < 1.29 is 27.4 Å². The van der Waals surface area contributed by atoms with E-state index in [1.165, 1.54) is 13.5 Å². The van der Waals surface area contributed by atoms with E-state index in [1.807, 2.05) is 18.2 Å². The highest BCUT2D eigenvalue weighted by molar-refractivity contribution is 7.92. The third kappa shape index (κ3) is 6.66. The predicted molar refractivity (Wildman–Crippen MR) is 184 cm³/mol. The predicted octanol–water partition coefficient (Wildman–Crippen LogP) is 4.89. The molecule has 1 N–H and O–H groups in total. The second-order valence-corrected chi connectivity index (χ2v) is 17.6. The Morgan fingerprint density at radius 3 is 2.31 bits per heavy atom. The zero-order chi connectivity index (χ0) is 33.5. The molecule has 2 aromatic carbocycles. The van der Waals surface area contributed by atoms with Gasteiger partial charge in [-0.3, -0.25) is 4.79 Å². The van der Waals surface area contributed by atoms with Crippen molar-refractivity contribution in [3.8, 4) is 0 Å². The topological polar surface area (TPSA) is 90.4 Å². The summed E-state index contributed by atoms with van der Waals surface area (Å²) in [6, 6.07) is 14.7. The average molecular weight is 682 g/mol. The lowest BCUT2D eigenvalue weighted by atomic mass is 9.56. The Hall–Kier alpha value is -2.53. The fraction of sp³-hybridized carbons (Fsp3) is 0.658. The van der Waals surface area contributed by atoms with E-state index in [4.69, 9.17) is 4.74 Å². The second kappa shape index (κ2) is 14.0. The van der Waals surface area contributed by atoms with Gasteiger partial charge in [0, 0.05) is 49.6 Å². The third-order valence-corrected chi connectivity index (χ3v) is 14.8. The quantitative estimate of drug-likeness (QED) is 0.317. The molecule has 3 saturated heterocycles. The van der Waals surface area contributed by atoms with Gasteiger partial charge < -0.3 is 24.5 Å². The molecule has 0 unspecified atom stereocenters. The number of aliphatic hydroxyl groups is 1. The van der Waals surface area contributed by atoms with Gasteiger partial charge in [0.05, 0.1) is 23.4 Å². The van der Waals surface area contributed by atoms with Gasteiger partial charge in [0.1, 0.15) is 5.82 Å². The minimum absolute atomic E-state index is 0.135. The van der Waals surface area contributed by atoms with E-state index >= 15 is 0 Å². The molecule has 0 radical (unpaired) electrons. The summed E-state index contributed by atoms with van der Waals surface area (Å²) in [5.41, 5.74) is 1.98. The van der Waals surface area contributed by atoms with E-state index in [0.717, 1.165) is 95.7 Å². The Balaban J connectivity index is 1.01. The molecule has 3 atom stereocenters. The van der Waals surface area contributed by atoms with Crippen LogP contribution < -0.4 is 4.90 Å². The number of nitrogens with zero attached hydrogens (tertiary/aromatic N) is 3. The summed E-state index contributed by atoms with van der Waals surface area (Å²) in [7, 11) is -1.90. The molecule has 3 aliphatic heterocycles. The maximum absolute atomic E-state index is 15.0. The Bertz CT molecular complexity index is 1530. The summed E-state index contributed by atoms with van der Waals surface area (Å²) >= 11 is 0. The smallest absolute Gasteiger partial charge is 0.305 e. The average Bonchev–Trinajstić information content (AvgIpc) is 3.49. The van der Waals surface area contributed by atoms with Crippen molar-refractivity contribution in [2.24, 2.45) is 23.7 Å². The Labute approximate surface area is 285 Å². The summed E-state index contributed by atoms with van der Waals surface area (Å²) in [5, 5.41) is 9.09. The van der Waals surface area contributed by atoms with Crippen molar-refractivity contribution in [3.63, 3.8) is 0 Å². The lowest BCUT2D eigenvalue weighted by molar-refractivity contribution is -0.142. The Morgan fingerprint density at radius 2 is 1.69 bits per heavy atom. The molecule has 262 valence electrons. The minimum Gasteiger partial charge on any atom is -0.469 e. The van der Waals surface area contributed by atoms with Crippen LogP contribution >= 0.6 is 0 Å². The zero-order valence-corrected chi connectivity index (χ0v) is 29.1. The lowest BCUT2D eigenvalue weighted by Gasteiger charge is -2.54. The number of hydrogen-bond donors (Lipinski definition) is 1. The van der Waals surface area contributed by atoms with Crippen molar-refractivity contribution >= 4 is 21.5 Å². The maximum Gasteiger partial charge on any atom is 0.305 e. The first-order valence-corrected chi connectivity index (χ1v) is 19.7. The van der Waals surface area contributed by atoms with Gasteiger partial charge in [0.2, 0.25) is 0 Å². The molecule has 2 aromatic rings. The molecule has 8 nitrogen and oxygen atoms in total. The standard InChI is InChI=1S/C38H52FN3O5S/c1-47-37(44)19-28-5-2-8-36(28)38(26-41-15-4-16-41,30-6-3-7-31(39)20-30)29-13-17-40(18-14-29)23-27-24-42(25-27)32-9-11-34(12-10-32)48(45,46)35-21-33(43)22-35/h3,6-7,9-12,20,27-29,33,35-36,43H,2,4-5,8,13-19,21-26H2,1H3/t28-,33?,35?,36+,38+/m1/s1. The van der Waals surface area contributed by atoms with E-state index in [9.17, 15) is 22.7 Å². The van der Waals surface area contributed by atoms with Crippen LogP contribution in [0.2, 0.25) is 0 Å². The summed E-state index contributed by atoms with van der Waals surface area (Å²) in [4.78, 5) is 20.4. The molecule has 10 heteroatoms. The van der Waals surface area contributed by atoms with Gasteiger partial charge in [-0.25, -0.2) is 12.8 Å². The molecule has 7 rings (SSSR count). The summed E-state index contributed by atoms with van der Waals surface area (Å²) in [5.74, 6) is 1.23. The van der Waals surface area contributed by atoms with Gasteiger partial charge in [-0.15, -0.1) is 0 Å². The molecule has 0 spiro atoms. The molecule has 0 amide bonds. The number of ether oxygens (including phenoxy) is 1. The number of carbonyl (C=O) groups excluding carboxylic acids is 1. The van der Waals surface area contributed by atoms with Crippen molar-refractivity contribution in [2.45, 2.75) is 79.5 Å². The number of benzene rings is 2. The molecule has 0 aromatic heterocycles. The van der Waals surface area contributed by atoms with Gasteiger partial charge in [0.25, 0.3) is 0 Å². The van der Waals surface area contributed by atoms with Crippen LogP contribution in [0.15, 0.2) is 53.4 Å². The fourth-order valence-corrected chi connectivity index (χ4v) is 11.6. The van der Waals surface area contributed by atoms with Crippen molar-refractivity contribution in [1.29, 1.82) is 0 Å². The number of carbonyl (C=O) groups is 1. The van der Waals surface area contributed by atoms with E-state index in [2.05, 4.69) is 20.8 Å². The second-order valence-electron chi connectivity index (χ2n) is 15.4. The van der Waals surface area contributed by atoms with E-state index < -0.39 is 21.2 Å². The van der Waals surface area contributed by atoms with Gasteiger partial charge in [-0.05, 0) is 131 Å². The minimum atomic E-state index is -3.38. The number of aliphatic hydroxyl groups excluding tert-OH is 1. The van der Waals surface area contributed by atoms with E-state index in [1.54, 1.807) is 24.3 Å². The fourth-order valence-electron chi connectivity index (χ4n) is 9.76. The van der Waals surface area contributed by atoms with E-state index in [0.29, 0.717) is 41.9 Å². The first-order chi connectivity index (χ1) is 23.2. The first kappa shape index (κ1) is 33.9. The van der Waals surface area contributed by atoms with Crippen LogP contribution in [0, 0.1) is 29.5 Å². The Kier molecular flexibility index (Phi) is 9.90. The molecule has 5 aliphatic rings. The van der Waals surface area contributed by atoms with Crippen molar-refractivity contribution in [1.82, 2.24) is 9.80 Å². The number of likely N-dealkylation sites (tertiary alicyclic amines) is 2. The summed E-state index contributed by atoms with van der Waals surface area (Å²) in [6.07, 6.45) is 7.14. The molecule has 2 saturated carbocycles. The van der Waals surface area contributed by atoms with Crippen molar-refractivity contribution in [2.75, 3.05) is 64.4 Å². The molecule has 3 heterocycles. The monoisotopic (exact) mass is 681 g/mol. The number of rotatable bonds is 12. The SMILES string of the molecule is COC(=O)C[C@H]1CCC[C@@H]1[C@](CN1CCC1)(c1cccc(F)c1)C1CCN(CC2CN(c3ccc(S(=O)(=O)C4CC(O)C4)cc3)C2)CC1. The highest BCUT2D eigenvalue weighted by Crippen LogP contribution is 2.54. The van der Waals surface area contributed by atoms with Gasteiger partial charge >= 0.3 is 5.97 Å². The van der Waals surface area contributed by atoms with Gasteiger partial charge in [0.15, 0.2) is 9.84 Å². The zero-order valence-electron chi connectivity index (χ0n) is 28.3. The number of anilines is 1. The van der Waals surface area contributed by atoms with E-state index in [-0.39, 0.29) is 23.1 Å². The van der Waals surface area contributed by atoms with Gasteiger partial charge in [-0.1, -0.05) is 18.6 Å². The van der Waals surface area contributed by atoms with Crippen LogP contribution in [0.3, 0.4) is 0 Å². The largest absolute Gasteiger partial charge is 0.469 e. The first-order valence-electron chi connectivity index (χ1n) is 18.2. The number of hydrogen-bond acceptors (Lipinski definition) is 8. The molecule has 48 heavy (non-hydrogen) atoms. The van der Waals surface area contributed by atoms with Crippen LogP contribution in [0.4, 0.5) is 10.1 Å².